The Bertz CT molecular complexity index is 831. The van der Waals surface area contributed by atoms with E-state index in [9.17, 15) is 29.4 Å². The molecule has 0 aliphatic rings. The van der Waals surface area contributed by atoms with Crippen molar-refractivity contribution in [3.05, 3.63) is 24.3 Å². The van der Waals surface area contributed by atoms with Gasteiger partial charge in [0.1, 0.15) is 13.1 Å². The Kier molecular flexibility index (Phi) is 34.3. The lowest BCUT2D eigenvalue weighted by molar-refractivity contribution is -0.147. The van der Waals surface area contributed by atoms with Gasteiger partial charge in [-0.15, -0.1) is 0 Å². The van der Waals surface area contributed by atoms with Crippen LogP contribution in [0, 0.1) is 0 Å². The first-order valence-electron chi connectivity index (χ1n) is 20.6. The van der Waals surface area contributed by atoms with Gasteiger partial charge < -0.3 is 20.0 Å². The number of allylic oxidation sites excluding steroid dienone is 4. The second-order valence-corrected chi connectivity index (χ2v) is 14.1. The molecule has 0 spiro atoms. The Morgan fingerprint density at radius 2 is 0.660 bits per heavy atom. The van der Waals surface area contributed by atoms with E-state index in [1.165, 1.54) is 99.7 Å². The standard InChI is InChI=1S/C42H76N2O6/c1-3-5-7-9-11-13-15-17-19-21-23-25-27-29-31-33-39(45)43(37-41(47)48)35-36-44(38-42(49)50)40(46)34-32-30-28-26-24-22-20-18-16-14-12-10-8-6-4-2/h17-20H,3-16,21-38H2,1-2H3,(H,47,48)(H,49,50). The first kappa shape index (κ1) is 47.4. The van der Waals surface area contributed by atoms with Crippen LogP contribution in [-0.4, -0.2) is 69.9 Å². The number of aliphatic carboxylic acids is 2. The molecule has 50 heavy (non-hydrogen) atoms. The lowest BCUT2D eigenvalue weighted by Crippen LogP contribution is -2.44. The van der Waals surface area contributed by atoms with E-state index in [2.05, 4.69) is 38.2 Å². The van der Waals surface area contributed by atoms with Crippen LogP contribution < -0.4 is 0 Å². The van der Waals surface area contributed by atoms with Gasteiger partial charge in [-0.2, -0.15) is 0 Å². The summed E-state index contributed by atoms with van der Waals surface area (Å²) in [6, 6.07) is 0. The molecule has 290 valence electrons. The van der Waals surface area contributed by atoms with E-state index < -0.39 is 25.0 Å². The monoisotopic (exact) mass is 705 g/mol. The molecule has 0 aliphatic heterocycles. The van der Waals surface area contributed by atoms with Gasteiger partial charge in [0.25, 0.3) is 0 Å². The summed E-state index contributed by atoms with van der Waals surface area (Å²) in [6.45, 7) is 3.61. The zero-order valence-electron chi connectivity index (χ0n) is 32.4. The van der Waals surface area contributed by atoms with Gasteiger partial charge in [0.2, 0.25) is 11.8 Å². The Morgan fingerprint density at radius 1 is 0.400 bits per heavy atom. The Balaban J connectivity index is 4.25. The third-order valence-electron chi connectivity index (χ3n) is 9.30. The van der Waals surface area contributed by atoms with Gasteiger partial charge in [0, 0.05) is 25.9 Å². The number of hydrogen-bond acceptors (Lipinski definition) is 4. The highest BCUT2D eigenvalue weighted by molar-refractivity contribution is 5.82. The second-order valence-electron chi connectivity index (χ2n) is 14.1. The number of nitrogens with zero attached hydrogens (tertiary/aromatic N) is 2. The van der Waals surface area contributed by atoms with E-state index in [4.69, 9.17) is 0 Å². The maximum Gasteiger partial charge on any atom is 0.323 e. The Morgan fingerprint density at radius 3 is 0.940 bits per heavy atom. The van der Waals surface area contributed by atoms with Crippen molar-refractivity contribution in [2.24, 2.45) is 0 Å². The molecule has 2 amide bonds. The van der Waals surface area contributed by atoms with Gasteiger partial charge in [0.15, 0.2) is 0 Å². The average molecular weight is 705 g/mol. The summed E-state index contributed by atoms with van der Waals surface area (Å²) in [5.74, 6) is -2.75. The van der Waals surface area contributed by atoms with Crippen LogP contribution in [0.1, 0.15) is 194 Å². The molecule has 0 rings (SSSR count). The largest absolute Gasteiger partial charge is 0.480 e. The molecule has 0 bridgehead atoms. The average Bonchev–Trinajstić information content (AvgIpc) is 3.08. The molecule has 0 heterocycles. The molecule has 0 fully saturated rings. The molecule has 0 saturated heterocycles. The van der Waals surface area contributed by atoms with Crippen molar-refractivity contribution in [1.29, 1.82) is 0 Å². The topological polar surface area (TPSA) is 115 Å². The molecule has 8 heteroatoms. The number of carboxylic acids is 2. The maximum absolute atomic E-state index is 12.9. The fourth-order valence-corrected chi connectivity index (χ4v) is 6.16. The molecule has 0 aromatic carbocycles. The highest BCUT2D eigenvalue weighted by Crippen LogP contribution is 2.13. The van der Waals surface area contributed by atoms with Crippen molar-refractivity contribution in [3.8, 4) is 0 Å². The van der Waals surface area contributed by atoms with Gasteiger partial charge in [-0.3, -0.25) is 19.2 Å². The van der Waals surface area contributed by atoms with Crippen LogP contribution in [-0.2, 0) is 19.2 Å². The quantitative estimate of drug-likeness (QED) is 0.0491. The van der Waals surface area contributed by atoms with Crippen LogP contribution in [0.3, 0.4) is 0 Å². The normalized spacial score (nSPS) is 11.5. The minimum absolute atomic E-state index is 0.0155. The van der Waals surface area contributed by atoms with E-state index in [0.29, 0.717) is 12.8 Å². The summed E-state index contributed by atoms with van der Waals surface area (Å²) in [5.41, 5.74) is 0. The van der Waals surface area contributed by atoms with Crippen molar-refractivity contribution in [2.75, 3.05) is 26.2 Å². The van der Waals surface area contributed by atoms with E-state index in [1.807, 2.05) is 0 Å². The van der Waals surface area contributed by atoms with Crippen molar-refractivity contribution < 1.29 is 29.4 Å². The van der Waals surface area contributed by atoms with Gasteiger partial charge >= 0.3 is 11.9 Å². The van der Waals surface area contributed by atoms with Crippen LogP contribution in [0.2, 0.25) is 0 Å². The number of carbonyl (C=O) groups excluding carboxylic acids is 2. The molecule has 2 N–H and O–H groups in total. The van der Waals surface area contributed by atoms with Crippen molar-refractivity contribution in [1.82, 2.24) is 9.80 Å². The Hall–Kier alpha value is -2.64. The lowest BCUT2D eigenvalue weighted by Gasteiger charge is -2.26. The molecule has 0 aliphatic carbocycles. The van der Waals surface area contributed by atoms with Crippen LogP contribution in [0.15, 0.2) is 24.3 Å². The van der Waals surface area contributed by atoms with Crippen LogP contribution in [0.5, 0.6) is 0 Å². The molecule has 0 radical (unpaired) electrons. The number of carbonyl (C=O) groups is 4. The molecule has 0 aromatic heterocycles. The summed E-state index contributed by atoms with van der Waals surface area (Å²) >= 11 is 0. The van der Waals surface area contributed by atoms with E-state index in [1.54, 1.807) is 0 Å². The molecular formula is C42H76N2O6. The molecule has 0 aromatic rings. The van der Waals surface area contributed by atoms with Crippen molar-refractivity contribution in [2.45, 2.75) is 194 Å². The molecule has 0 atom stereocenters. The Labute approximate surface area is 306 Å². The molecule has 8 nitrogen and oxygen atoms in total. The van der Waals surface area contributed by atoms with Crippen LogP contribution in [0.25, 0.3) is 0 Å². The highest BCUT2D eigenvalue weighted by Gasteiger charge is 2.21. The third-order valence-corrected chi connectivity index (χ3v) is 9.30. The number of amides is 2. The molecule has 0 saturated carbocycles. The number of carboxylic acid groups (broad SMARTS) is 2. The highest BCUT2D eigenvalue weighted by atomic mass is 16.4. The molecule has 0 unspecified atom stereocenters. The maximum atomic E-state index is 12.9. The predicted molar refractivity (Wildman–Crippen MR) is 207 cm³/mol. The summed E-state index contributed by atoms with van der Waals surface area (Å²) in [7, 11) is 0. The molecular weight excluding hydrogens is 628 g/mol. The number of rotatable bonds is 37. The lowest BCUT2D eigenvalue weighted by atomic mass is 10.1. The summed E-state index contributed by atoms with van der Waals surface area (Å²) < 4.78 is 0. The summed E-state index contributed by atoms with van der Waals surface area (Å²) in [6.07, 6.45) is 39.8. The van der Waals surface area contributed by atoms with Gasteiger partial charge in [-0.05, 0) is 64.2 Å². The minimum atomic E-state index is -1.12. The first-order valence-corrected chi connectivity index (χ1v) is 20.6. The van der Waals surface area contributed by atoms with Crippen LogP contribution >= 0.6 is 0 Å². The summed E-state index contributed by atoms with van der Waals surface area (Å²) in [4.78, 5) is 51.2. The number of hydrogen-bond donors (Lipinski definition) is 2. The third kappa shape index (κ3) is 32.6. The van der Waals surface area contributed by atoms with Crippen molar-refractivity contribution in [3.63, 3.8) is 0 Å². The predicted octanol–water partition coefficient (Wildman–Crippen LogP) is 10.9. The fraction of sp³-hybridized carbons (Fsp3) is 0.810. The van der Waals surface area contributed by atoms with E-state index in [-0.39, 0.29) is 37.7 Å². The second kappa shape index (κ2) is 36.2. The van der Waals surface area contributed by atoms with E-state index in [0.717, 1.165) is 64.2 Å². The SMILES string of the molecule is CCCCCCCCC=CCCCCCCCC(=O)N(CCN(CC(=O)O)C(=O)CCCCCCCC=CCCCCCCCC)CC(=O)O. The van der Waals surface area contributed by atoms with Gasteiger partial charge in [-0.25, -0.2) is 0 Å². The zero-order valence-corrected chi connectivity index (χ0v) is 32.4. The van der Waals surface area contributed by atoms with E-state index >= 15 is 0 Å². The number of unbranched alkanes of at least 4 members (excludes halogenated alkanes) is 22. The smallest absolute Gasteiger partial charge is 0.323 e. The summed E-state index contributed by atoms with van der Waals surface area (Å²) in [5, 5.41) is 18.8. The minimum Gasteiger partial charge on any atom is -0.480 e. The van der Waals surface area contributed by atoms with Crippen LogP contribution in [0.4, 0.5) is 0 Å². The zero-order chi connectivity index (χ0) is 36.9. The van der Waals surface area contributed by atoms with Gasteiger partial charge in [0.05, 0.1) is 0 Å². The first-order chi connectivity index (χ1) is 24.3. The fourth-order valence-electron chi connectivity index (χ4n) is 6.16. The van der Waals surface area contributed by atoms with Crippen molar-refractivity contribution >= 4 is 23.8 Å². The van der Waals surface area contributed by atoms with Gasteiger partial charge in [-0.1, -0.05) is 141 Å².